The van der Waals surface area contributed by atoms with E-state index in [2.05, 4.69) is 4.90 Å². The molecule has 4 N–H and O–H groups in total. The molecule has 2 aliphatic rings. The van der Waals surface area contributed by atoms with Crippen molar-refractivity contribution in [2.75, 3.05) is 18.0 Å². The van der Waals surface area contributed by atoms with Crippen LogP contribution in [0.2, 0.25) is 0 Å². The topological polar surface area (TPSA) is 72.4 Å². The molecular weight excluding hydrogens is 262 g/mol. The highest BCUT2D eigenvalue weighted by molar-refractivity contribution is 6.00. The van der Waals surface area contributed by atoms with Gasteiger partial charge in [0.05, 0.1) is 5.56 Å². The average molecular weight is 287 g/mol. The van der Waals surface area contributed by atoms with Gasteiger partial charge in [-0.25, -0.2) is 0 Å². The van der Waals surface area contributed by atoms with Crippen LogP contribution in [-0.4, -0.2) is 23.4 Å². The van der Waals surface area contributed by atoms with Gasteiger partial charge in [0.25, 0.3) is 5.91 Å². The van der Waals surface area contributed by atoms with Gasteiger partial charge in [-0.3, -0.25) is 4.79 Å². The first-order chi connectivity index (χ1) is 10.1. The summed E-state index contributed by atoms with van der Waals surface area (Å²) in [6, 6.07) is 5.63. The lowest BCUT2D eigenvalue weighted by Crippen LogP contribution is -2.38. The second-order valence-corrected chi connectivity index (χ2v) is 6.54. The van der Waals surface area contributed by atoms with E-state index in [1.165, 1.54) is 32.1 Å². The molecule has 0 spiro atoms. The Morgan fingerprint density at radius 2 is 1.81 bits per heavy atom. The molecule has 0 bridgehead atoms. The normalized spacial score (nSPS) is 19.4. The first-order valence-corrected chi connectivity index (χ1v) is 8.11. The highest BCUT2D eigenvalue weighted by Gasteiger charge is 2.35. The lowest BCUT2D eigenvalue weighted by atomic mass is 9.88. The van der Waals surface area contributed by atoms with Crippen molar-refractivity contribution in [1.29, 1.82) is 0 Å². The number of hydrogen-bond donors (Lipinski definition) is 2. The molecular formula is C17H25N3O. The summed E-state index contributed by atoms with van der Waals surface area (Å²) in [4.78, 5) is 14.9. The maximum atomic E-state index is 12.8. The van der Waals surface area contributed by atoms with Gasteiger partial charge in [-0.2, -0.15) is 0 Å². The van der Waals surface area contributed by atoms with Crippen molar-refractivity contribution in [3.05, 3.63) is 23.8 Å². The second-order valence-electron chi connectivity index (χ2n) is 6.54. The summed E-state index contributed by atoms with van der Waals surface area (Å²) < 4.78 is 0. The molecule has 1 aromatic rings. The molecule has 4 nitrogen and oxygen atoms in total. The van der Waals surface area contributed by atoms with Gasteiger partial charge in [0.1, 0.15) is 0 Å². The lowest BCUT2D eigenvalue weighted by Gasteiger charge is -2.30. The van der Waals surface area contributed by atoms with Crippen molar-refractivity contribution < 1.29 is 4.79 Å². The molecule has 2 saturated carbocycles. The molecule has 0 heterocycles. The van der Waals surface area contributed by atoms with Crippen molar-refractivity contribution in [2.45, 2.75) is 51.0 Å². The third-order valence-corrected chi connectivity index (χ3v) is 4.73. The maximum absolute atomic E-state index is 12.8. The van der Waals surface area contributed by atoms with E-state index in [1.54, 1.807) is 18.2 Å². The largest absolute Gasteiger partial charge is 0.399 e. The molecule has 0 saturated heterocycles. The summed E-state index contributed by atoms with van der Waals surface area (Å²) >= 11 is 0. The van der Waals surface area contributed by atoms with Crippen LogP contribution in [0.25, 0.3) is 0 Å². The van der Waals surface area contributed by atoms with E-state index in [9.17, 15) is 4.79 Å². The molecule has 1 aromatic carbocycles. The fourth-order valence-electron chi connectivity index (χ4n) is 3.36. The molecule has 0 unspecified atom stereocenters. The van der Waals surface area contributed by atoms with Crippen molar-refractivity contribution >= 4 is 17.3 Å². The fraction of sp³-hybridized carbons (Fsp3) is 0.588. The first-order valence-electron chi connectivity index (χ1n) is 8.11. The van der Waals surface area contributed by atoms with Crippen LogP contribution >= 0.6 is 0 Å². The zero-order valence-electron chi connectivity index (χ0n) is 12.6. The summed E-state index contributed by atoms with van der Waals surface area (Å²) in [5.74, 6) is 0.749. The van der Waals surface area contributed by atoms with Crippen molar-refractivity contribution in [3.8, 4) is 0 Å². The minimum Gasteiger partial charge on any atom is -0.399 e. The lowest BCUT2D eigenvalue weighted by molar-refractivity contribution is 0.0700. The standard InChI is InChI=1S/C17H25N3O/c18-13-6-9-15(16(19)10-13)17(21)20(14-7-8-14)11-12-4-2-1-3-5-12/h6,9-10,12,14H,1-5,7-8,11,18-19H2. The van der Waals surface area contributed by atoms with Gasteiger partial charge < -0.3 is 16.4 Å². The van der Waals surface area contributed by atoms with Crippen LogP contribution in [0.15, 0.2) is 18.2 Å². The number of amides is 1. The Morgan fingerprint density at radius 1 is 1.10 bits per heavy atom. The van der Waals surface area contributed by atoms with E-state index >= 15 is 0 Å². The van der Waals surface area contributed by atoms with E-state index in [1.807, 2.05) is 0 Å². The number of nitrogens with two attached hydrogens (primary N) is 2. The Bertz CT molecular complexity index is 519. The zero-order valence-corrected chi connectivity index (χ0v) is 12.6. The predicted molar refractivity (Wildman–Crippen MR) is 85.9 cm³/mol. The molecule has 0 radical (unpaired) electrons. The number of anilines is 2. The molecule has 2 fully saturated rings. The van der Waals surface area contributed by atoms with Crippen LogP contribution in [0.1, 0.15) is 55.3 Å². The number of benzene rings is 1. The smallest absolute Gasteiger partial charge is 0.256 e. The van der Waals surface area contributed by atoms with E-state index in [-0.39, 0.29) is 5.91 Å². The SMILES string of the molecule is Nc1ccc(C(=O)N(CC2CCCCC2)C2CC2)c(N)c1. The maximum Gasteiger partial charge on any atom is 0.256 e. The highest BCUT2D eigenvalue weighted by Crippen LogP contribution is 2.33. The fourth-order valence-corrected chi connectivity index (χ4v) is 3.36. The van der Waals surface area contributed by atoms with Crippen LogP contribution in [0.5, 0.6) is 0 Å². The minimum atomic E-state index is 0.0839. The molecule has 1 amide bonds. The Labute approximate surface area is 126 Å². The zero-order chi connectivity index (χ0) is 14.8. The van der Waals surface area contributed by atoms with E-state index in [0.717, 1.165) is 19.4 Å². The van der Waals surface area contributed by atoms with E-state index < -0.39 is 0 Å². The van der Waals surface area contributed by atoms with Gasteiger partial charge in [0.15, 0.2) is 0 Å². The summed E-state index contributed by atoms with van der Waals surface area (Å²) in [6.07, 6.45) is 8.74. The molecule has 3 rings (SSSR count). The van der Waals surface area contributed by atoms with Gasteiger partial charge in [-0.15, -0.1) is 0 Å². The van der Waals surface area contributed by atoms with Gasteiger partial charge in [0.2, 0.25) is 0 Å². The minimum absolute atomic E-state index is 0.0839. The molecule has 0 atom stereocenters. The van der Waals surface area contributed by atoms with E-state index in [4.69, 9.17) is 11.5 Å². The summed E-state index contributed by atoms with van der Waals surface area (Å²) in [7, 11) is 0. The van der Waals surface area contributed by atoms with Crippen LogP contribution in [0.4, 0.5) is 11.4 Å². The monoisotopic (exact) mass is 287 g/mol. The second kappa shape index (κ2) is 5.96. The number of nitrogen functional groups attached to an aromatic ring is 2. The third kappa shape index (κ3) is 3.31. The van der Waals surface area contributed by atoms with Gasteiger partial charge in [-0.05, 0) is 49.8 Å². The number of carbonyl (C=O) groups excluding carboxylic acids is 1. The predicted octanol–water partition coefficient (Wildman–Crippen LogP) is 3.04. The van der Waals surface area contributed by atoms with Crippen LogP contribution in [0, 0.1) is 5.92 Å². The molecule has 0 aliphatic heterocycles. The first kappa shape index (κ1) is 14.2. The average Bonchev–Trinajstić information content (AvgIpc) is 3.30. The number of nitrogens with zero attached hydrogens (tertiary/aromatic N) is 1. The Morgan fingerprint density at radius 3 is 2.43 bits per heavy atom. The van der Waals surface area contributed by atoms with Crippen molar-refractivity contribution in [2.24, 2.45) is 5.92 Å². The van der Waals surface area contributed by atoms with Gasteiger partial charge in [-0.1, -0.05) is 19.3 Å². The quantitative estimate of drug-likeness (QED) is 0.836. The highest BCUT2D eigenvalue weighted by atomic mass is 16.2. The van der Waals surface area contributed by atoms with Crippen LogP contribution in [0.3, 0.4) is 0 Å². The van der Waals surface area contributed by atoms with Crippen molar-refractivity contribution in [1.82, 2.24) is 4.90 Å². The summed E-state index contributed by atoms with van der Waals surface area (Å²) in [5, 5.41) is 0. The molecule has 2 aliphatic carbocycles. The van der Waals surface area contributed by atoms with Gasteiger partial charge in [0, 0.05) is 24.0 Å². The van der Waals surface area contributed by atoms with Gasteiger partial charge >= 0.3 is 0 Å². The third-order valence-electron chi connectivity index (χ3n) is 4.73. The summed E-state index contributed by atoms with van der Waals surface area (Å²) in [6.45, 7) is 0.896. The molecule has 114 valence electrons. The number of hydrogen-bond acceptors (Lipinski definition) is 3. The Kier molecular flexibility index (Phi) is 4.04. The van der Waals surface area contributed by atoms with E-state index in [0.29, 0.717) is 28.9 Å². The Balaban J connectivity index is 1.75. The number of carbonyl (C=O) groups is 1. The molecule has 21 heavy (non-hydrogen) atoms. The van der Waals surface area contributed by atoms with Crippen LogP contribution < -0.4 is 11.5 Å². The number of rotatable bonds is 4. The van der Waals surface area contributed by atoms with Crippen LogP contribution in [-0.2, 0) is 0 Å². The summed E-state index contributed by atoms with van der Waals surface area (Å²) in [5.41, 5.74) is 13.4. The van der Waals surface area contributed by atoms with Crippen molar-refractivity contribution in [3.63, 3.8) is 0 Å². The Hall–Kier alpha value is -1.71. The molecule has 0 aromatic heterocycles. The molecule has 4 heteroatoms.